The van der Waals surface area contributed by atoms with Crippen LogP contribution in [0.2, 0.25) is 5.02 Å². The first-order valence-electron chi connectivity index (χ1n) is 9.90. The standard InChI is InChI=1S/C27H21ClF2/c1-18(19-5-3-2-4-6-19)15-25-26(29)16-23(17-27(25)30)22-9-7-20(8-10-22)21-11-13-24(28)14-12-21/h2-14,16-18H,15H2,1H3/t18-/m0/s1. The number of hydrogen-bond acceptors (Lipinski definition) is 0. The van der Waals surface area contributed by atoms with E-state index in [2.05, 4.69) is 0 Å². The Labute approximate surface area is 180 Å². The first-order chi connectivity index (χ1) is 14.5. The minimum Gasteiger partial charge on any atom is -0.207 e. The molecule has 150 valence electrons. The number of halogens is 3. The zero-order chi connectivity index (χ0) is 21.1. The van der Waals surface area contributed by atoms with E-state index < -0.39 is 11.6 Å². The van der Waals surface area contributed by atoms with E-state index in [1.165, 1.54) is 12.1 Å². The maximum absolute atomic E-state index is 14.8. The van der Waals surface area contributed by atoms with Crippen molar-refractivity contribution in [3.63, 3.8) is 0 Å². The lowest BCUT2D eigenvalue weighted by molar-refractivity contribution is 0.544. The van der Waals surface area contributed by atoms with Gasteiger partial charge in [-0.3, -0.25) is 0 Å². The molecule has 0 aliphatic heterocycles. The molecule has 0 N–H and O–H groups in total. The van der Waals surface area contributed by atoms with Crippen LogP contribution in [0.25, 0.3) is 22.3 Å². The molecule has 0 saturated carbocycles. The summed E-state index contributed by atoms with van der Waals surface area (Å²) in [6, 6.07) is 27.8. The Bertz CT molecular complexity index is 1110. The van der Waals surface area contributed by atoms with Crippen LogP contribution < -0.4 is 0 Å². The zero-order valence-corrected chi connectivity index (χ0v) is 17.3. The van der Waals surface area contributed by atoms with Crippen molar-refractivity contribution in [2.24, 2.45) is 0 Å². The third-order valence-corrected chi connectivity index (χ3v) is 5.67. The van der Waals surface area contributed by atoms with E-state index in [1.807, 2.05) is 85.8 Å². The van der Waals surface area contributed by atoms with Crippen molar-refractivity contribution >= 4 is 11.6 Å². The molecule has 0 aromatic heterocycles. The van der Waals surface area contributed by atoms with Gasteiger partial charge in [-0.2, -0.15) is 0 Å². The van der Waals surface area contributed by atoms with Gasteiger partial charge in [0, 0.05) is 10.6 Å². The molecule has 0 radical (unpaired) electrons. The van der Waals surface area contributed by atoms with Crippen LogP contribution in [-0.4, -0.2) is 0 Å². The van der Waals surface area contributed by atoms with Crippen molar-refractivity contribution < 1.29 is 8.78 Å². The SMILES string of the molecule is C[C@@H](Cc1c(F)cc(-c2ccc(-c3ccc(Cl)cc3)cc2)cc1F)c1ccccc1. The highest BCUT2D eigenvalue weighted by Crippen LogP contribution is 2.30. The molecule has 4 aromatic carbocycles. The second kappa shape index (κ2) is 8.81. The van der Waals surface area contributed by atoms with Gasteiger partial charge in [-0.25, -0.2) is 8.78 Å². The highest BCUT2D eigenvalue weighted by Gasteiger charge is 2.16. The van der Waals surface area contributed by atoms with Gasteiger partial charge in [-0.1, -0.05) is 85.3 Å². The summed E-state index contributed by atoms with van der Waals surface area (Å²) in [6.07, 6.45) is 0.317. The summed E-state index contributed by atoms with van der Waals surface area (Å²) in [6.45, 7) is 1.98. The van der Waals surface area contributed by atoms with Crippen molar-refractivity contribution in [3.8, 4) is 22.3 Å². The molecule has 0 spiro atoms. The smallest absolute Gasteiger partial charge is 0.129 e. The average molecular weight is 419 g/mol. The van der Waals surface area contributed by atoms with Crippen molar-refractivity contribution in [3.05, 3.63) is 119 Å². The Morgan fingerprint density at radius 1 is 0.667 bits per heavy atom. The van der Waals surface area contributed by atoms with Crippen LogP contribution in [0.15, 0.2) is 91.0 Å². The van der Waals surface area contributed by atoms with Crippen LogP contribution in [0.4, 0.5) is 8.78 Å². The molecule has 0 aliphatic carbocycles. The first-order valence-corrected chi connectivity index (χ1v) is 10.3. The Hall–Kier alpha value is -2.97. The molecule has 0 bridgehead atoms. The molecule has 0 saturated heterocycles. The maximum Gasteiger partial charge on any atom is 0.129 e. The van der Waals surface area contributed by atoms with E-state index in [9.17, 15) is 8.78 Å². The molecule has 3 heteroatoms. The minimum absolute atomic E-state index is 0.0275. The Morgan fingerprint density at radius 3 is 1.67 bits per heavy atom. The summed E-state index contributed by atoms with van der Waals surface area (Å²) in [4.78, 5) is 0. The summed E-state index contributed by atoms with van der Waals surface area (Å²) in [5.74, 6) is -0.983. The molecular weight excluding hydrogens is 398 g/mol. The van der Waals surface area contributed by atoms with Gasteiger partial charge < -0.3 is 0 Å². The van der Waals surface area contributed by atoms with Gasteiger partial charge in [0.25, 0.3) is 0 Å². The third kappa shape index (κ3) is 4.44. The molecule has 0 aliphatic rings. The number of benzene rings is 4. The fourth-order valence-electron chi connectivity index (χ4n) is 3.67. The van der Waals surface area contributed by atoms with E-state index in [0.29, 0.717) is 17.0 Å². The Morgan fingerprint density at radius 2 is 1.13 bits per heavy atom. The summed E-state index contributed by atoms with van der Waals surface area (Å²) >= 11 is 5.94. The predicted octanol–water partition coefficient (Wildman–Crippen LogP) is 8.30. The lowest BCUT2D eigenvalue weighted by Gasteiger charge is -2.14. The second-order valence-electron chi connectivity index (χ2n) is 7.52. The molecule has 1 atom stereocenters. The Kier molecular flexibility index (Phi) is 5.96. The predicted molar refractivity (Wildman–Crippen MR) is 121 cm³/mol. The summed E-state index contributed by atoms with van der Waals surface area (Å²) < 4.78 is 29.6. The van der Waals surface area contributed by atoms with Crippen molar-refractivity contribution in [1.29, 1.82) is 0 Å². The van der Waals surface area contributed by atoms with Crippen LogP contribution in [0.1, 0.15) is 24.0 Å². The molecular formula is C27H21ClF2. The van der Waals surface area contributed by atoms with E-state index in [-0.39, 0.29) is 11.5 Å². The zero-order valence-electron chi connectivity index (χ0n) is 16.6. The van der Waals surface area contributed by atoms with Gasteiger partial charge in [0.2, 0.25) is 0 Å². The summed E-state index contributed by atoms with van der Waals surface area (Å²) in [5.41, 5.74) is 4.56. The van der Waals surface area contributed by atoms with Crippen LogP contribution in [-0.2, 0) is 6.42 Å². The molecule has 4 rings (SSSR count). The lowest BCUT2D eigenvalue weighted by atomic mass is 9.92. The molecule has 0 amide bonds. The van der Waals surface area contributed by atoms with Gasteiger partial charge >= 0.3 is 0 Å². The number of rotatable bonds is 5. The average Bonchev–Trinajstić information content (AvgIpc) is 2.77. The lowest BCUT2D eigenvalue weighted by Crippen LogP contribution is -2.04. The molecule has 0 heterocycles. The van der Waals surface area contributed by atoms with Gasteiger partial charge in [-0.15, -0.1) is 0 Å². The normalized spacial score (nSPS) is 12.0. The van der Waals surface area contributed by atoms with Crippen LogP contribution in [0, 0.1) is 11.6 Å². The largest absolute Gasteiger partial charge is 0.207 e. The van der Waals surface area contributed by atoms with Crippen molar-refractivity contribution in [2.75, 3.05) is 0 Å². The van der Waals surface area contributed by atoms with E-state index in [4.69, 9.17) is 11.6 Å². The van der Waals surface area contributed by atoms with Crippen molar-refractivity contribution in [1.82, 2.24) is 0 Å². The van der Waals surface area contributed by atoms with Crippen LogP contribution >= 0.6 is 11.6 Å². The quantitative estimate of drug-likeness (QED) is 0.305. The Balaban J connectivity index is 1.57. The number of hydrogen-bond donors (Lipinski definition) is 0. The maximum atomic E-state index is 14.8. The van der Waals surface area contributed by atoms with Crippen LogP contribution in [0.3, 0.4) is 0 Å². The molecule has 0 nitrogen and oxygen atoms in total. The summed E-state index contributed by atoms with van der Waals surface area (Å²) in [7, 11) is 0. The van der Waals surface area contributed by atoms with Gasteiger partial charge in [0.1, 0.15) is 11.6 Å². The third-order valence-electron chi connectivity index (χ3n) is 5.42. The van der Waals surface area contributed by atoms with E-state index in [0.717, 1.165) is 22.3 Å². The van der Waals surface area contributed by atoms with Gasteiger partial charge in [0.15, 0.2) is 0 Å². The fraction of sp³-hybridized carbons (Fsp3) is 0.111. The monoisotopic (exact) mass is 418 g/mol. The molecule has 0 unspecified atom stereocenters. The van der Waals surface area contributed by atoms with Crippen molar-refractivity contribution in [2.45, 2.75) is 19.3 Å². The molecule has 30 heavy (non-hydrogen) atoms. The van der Waals surface area contributed by atoms with Gasteiger partial charge in [0.05, 0.1) is 0 Å². The summed E-state index contributed by atoms with van der Waals surface area (Å²) in [5, 5.41) is 0.683. The van der Waals surface area contributed by atoms with Gasteiger partial charge in [-0.05, 0) is 64.4 Å². The highest BCUT2D eigenvalue weighted by molar-refractivity contribution is 6.30. The second-order valence-corrected chi connectivity index (χ2v) is 7.95. The van der Waals surface area contributed by atoms with E-state index >= 15 is 0 Å². The van der Waals surface area contributed by atoms with E-state index in [1.54, 1.807) is 0 Å². The first kappa shape index (κ1) is 20.3. The molecule has 4 aromatic rings. The topological polar surface area (TPSA) is 0 Å². The molecule has 0 fully saturated rings. The highest BCUT2D eigenvalue weighted by atomic mass is 35.5. The fourth-order valence-corrected chi connectivity index (χ4v) is 3.79. The van der Waals surface area contributed by atoms with Crippen LogP contribution in [0.5, 0.6) is 0 Å². The minimum atomic E-state index is -0.505.